The van der Waals surface area contributed by atoms with Gasteiger partial charge in [0.25, 0.3) is 0 Å². The van der Waals surface area contributed by atoms with Gasteiger partial charge in [-0.25, -0.2) is 0 Å². The van der Waals surface area contributed by atoms with E-state index in [1.165, 1.54) is 0 Å². The van der Waals surface area contributed by atoms with Crippen molar-refractivity contribution in [2.75, 3.05) is 13.1 Å². The standard InChI is InChI=1S/C16H29ClN4/c1-6-13-9-20(16(5,7-2)11-18-13)10-14-15(17)12(4)19-21(14)8-3/h13,18H,6-11H2,1-5H3. The number of rotatable bonds is 5. The third-order valence-electron chi connectivity index (χ3n) is 5.02. The molecule has 1 saturated heterocycles. The molecule has 2 rings (SSSR count). The van der Waals surface area contributed by atoms with Gasteiger partial charge in [-0.05, 0) is 33.6 Å². The van der Waals surface area contributed by atoms with E-state index in [-0.39, 0.29) is 5.54 Å². The van der Waals surface area contributed by atoms with Crippen molar-refractivity contribution in [2.45, 2.75) is 72.1 Å². The van der Waals surface area contributed by atoms with E-state index in [9.17, 15) is 0 Å². The van der Waals surface area contributed by atoms with Crippen molar-refractivity contribution in [1.82, 2.24) is 20.0 Å². The number of piperazine rings is 1. The molecule has 0 radical (unpaired) electrons. The molecule has 21 heavy (non-hydrogen) atoms. The fraction of sp³-hybridized carbons (Fsp3) is 0.812. The first-order valence-corrected chi connectivity index (χ1v) is 8.53. The molecule has 0 saturated carbocycles. The molecule has 2 atom stereocenters. The van der Waals surface area contributed by atoms with Crippen LogP contribution in [0.5, 0.6) is 0 Å². The van der Waals surface area contributed by atoms with Crippen molar-refractivity contribution in [3.63, 3.8) is 0 Å². The third kappa shape index (κ3) is 3.27. The summed E-state index contributed by atoms with van der Waals surface area (Å²) in [6.45, 7) is 14.8. The Labute approximate surface area is 133 Å². The van der Waals surface area contributed by atoms with Gasteiger partial charge in [0.05, 0.1) is 16.4 Å². The number of halogens is 1. The molecule has 1 N–H and O–H groups in total. The fourth-order valence-electron chi connectivity index (χ4n) is 3.11. The Morgan fingerprint density at radius 3 is 2.67 bits per heavy atom. The van der Waals surface area contributed by atoms with Gasteiger partial charge in [0.15, 0.2) is 0 Å². The quantitative estimate of drug-likeness (QED) is 0.906. The second kappa shape index (κ2) is 6.67. The molecule has 120 valence electrons. The molecule has 1 aliphatic rings. The summed E-state index contributed by atoms with van der Waals surface area (Å²) < 4.78 is 2.05. The van der Waals surface area contributed by atoms with Gasteiger partial charge in [-0.15, -0.1) is 0 Å². The summed E-state index contributed by atoms with van der Waals surface area (Å²) in [6, 6.07) is 0.572. The largest absolute Gasteiger partial charge is 0.311 e. The highest BCUT2D eigenvalue weighted by Crippen LogP contribution is 2.29. The number of hydrogen-bond donors (Lipinski definition) is 1. The molecule has 0 amide bonds. The van der Waals surface area contributed by atoms with Gasteiger partial charge in [0, 0.05) is 37.8 Å². The van der Waals surface area contributed by atoms with Gasteiger partial charge in [-0.2, -0.15) is 5.10 Å². The zero-order chi connectivity index (χ0) is 15.6. The predicted molar refractivity (Wildman–Crippen MR) is 88.8 cm³/mol. The van der Waals surface area contributed by atoms with Crippen LogP contribution in [0.15, 0.2) is 0 Å². The van der Waals surface area contributed by atoms with Gasteiger partial charge in [-0.1, -0.05) is 25.4 Å². The molecule has 1 aromatic rings. The Morgan fingerprint density at radius 2 is 2.10 bits per heavy atom. The van der Waals surface area contributed by atoms with Gasteiger partial charge < -0.3 is 5.32 Å². The summed E-state index contributed by atoms with van der Waals surface area (Å²) in [5.41, 5.74) is 2.29. The van der Waals surface area contributed by atoms with E-state index in [4.69, 9.17) is 11.6 Å². The van der Waals surface area contributed by atoms with Crippen molar-refractivity contribution in [3.05, 3.63) is 16.4 Å². The third-order valence-corrected chi connectivity index (χ3v) is 5.52. The number of aryl methyl sites for hydroxylation is 2. The molecule has 1 aliphatic heterocycles. The van der Waals surface area contributed by atoms with Crippen LogP contribution in [0.1, 0.15) is 51.9 Å². The molecule has 0 aliphatic carbocycles. The molecular formula is C16H29ClN4. The highest BCUT2D eigenvalue weighted by Gasteiger charge is 2.36. The topological polar surface area (TPSA) is 33.1 Å². The van der Waals surface area contributed by atoms with Crippen molar-refractivity contribution in [3.8, 4) is 0 Å². The lowest BCUT2D eigenvalue weighted by atomic mass is 9.91. The Kier molecular flexibility index (Phi) is 5.33. The average Bonchev–Trinajstić information content (AvgIpc) is 2.77. The van der Waals surface area contributed by atoms with Crippen molar-refractivity contribution >= 4 is 11.6 Å². The first-order valence-electron chi connectivity index (χ1n) is 8.15. The maximum atomic E-state index is 6.49. The number of nitrogens with zero attached hydrogens (tertiary/aromatic N) is 3. The number of aromatic nitrogens is 2. The highest BCUT2D eigenvalue weighted by atomic mass is 35.5. The van der Waals surface area contributed by atoms with Crippen LogP contribution in [-0.2, 0) is 13.1 Å². The average molecular weight is 313 g/mol. The van der Waals surface area contributed by atoms with Crippen LogP contribution >= 0.6 is 11.6 Å². The van der Waals surface area contributed by atoms with E-state index in [1.54, 1.807) is 0 Å². The monoisotopic (exact) mass is 312 g/mol. The molecule has 2 unspecified atom stereocenters. The Hall–Kier alpha value is -0.580. The lowest BCUT2D eigenvalue weighted by Gasteiger charge is -2.48. The van der Waals surface area contributed by atoms with E-state index in [0.717, 1.165) is 55.4 Å². The lowest BCUT2D eigenvalue weighted by molar-refractivity contribution is 0.0386. The second-order valence-electron chi connectivity index (χ2n) is 6.38. The van der Waals surface area contributed by atoms with Crippen LogP contribution in [0.25, 0.3) is 0 Å². The van der Waals surface area contributed by atoms with E-state index in [2.05, 4.69) is 47.7 Å². The van der Waals surface area contributed by atoms with Gasteiger partial charge in [0.1, 0.15) is 0 Å². The Balaban J connectivity index is 2.26. The van der Waals surface area contributed by atoms with Crippen molar-refractivity contribution in [2.24, 2.45) is 0 Å². The minimum atomic E-state index is 0.186. The van der Waals surface area contributed by atoms with Crippen LogP contribution < -0.4 is 5.32 Å². The summed E-state index contributed by atoms with van der Waals surface area (Å²) in [5.74, 6) is 0. The fourth-order valence-corrected chi connectivity index (χ4v) is 3.30. The molecule has 0 spiro atoms. The molecule has 2 heterocycles. The summed E-state index contributed by atoms with van der Waals surface area (Å²) in [4.78, 5) is 2.59. The zero-order valence-electron chi connectivity index (χ0n) is 14.0. The minimum absolute atomic E-state index is 0.186. The van der Waals surface area contributed by atoms with Crippen LogP contribution in [0.3, 0.4) is 0 Å². The summed E-state index contributed by atoms with van der Waals surface area (Å²) >= 11 is 6.49. The van der Waals surface area contributed by atoms with Gasteiger partial charge in [-0.3, -0.25) is 9.58 Å². The maximum Gasteiger partial charge on any atom is 0.0860 e. The summed E-state index contributed by atoms with van der Waals surface area (Å²) in [5, 5.41) is 9.06. The molecule has 5 heteroatoms. The molecule has 0 bridgehead atoms. The minimum Gasteiger partial charge on any atom is -0.311 e. The number of hydrogen-bond acceptors (Lipinski definition) is 3. The number of nitrogens with one attached hydrogen (secondary N) is 1. The Morgan fingerprint density at radius 1 is 1.38 bits per heavy atom. The van der Waals surface area contributed by atoms with Crippen LogP contribution in [-0.4, -0.2) is 39.4 Å². The van der Waals surface area contributed by atoms with Crippen LogP contribution in [0.4, 0.5) is 0 Å². The summed E-state index contributed by atoms with van der Waals surface area (Å²) in [6.07, 6.45) is 2.30. The molecule has 1 fully saturated rings. The van der Waals surface area contributed by atoms with E-state index < -0.39 is 0 Å². The molecule has 1 aromatic heterocycles. The second-order valence-corrected chi connectivity index (χ2v) is 6.76. The maximum absolute atomic E-state index is 6.49. The van der Waals surface area contributed by atoms with Crippen molar-refractivity contribution in [1.29, 1.82) is 0 Å². The molecule has 0 aromatic carbocycles. The van der Waals surface area contributed by atoms with Crippen LogP contribution in [0.2, 0.25) is 5.02 Å². The first kappa shape index (κ1) is 16.8. The highest BCUT2D eigenvalue weighted by molar-refractivity contribution is 6.31. The van der Waals surface area contributed by atoms with Crippen LogP contribution in [0, 0.1) is 6.92 Å². The smallest absolute Gasteiger partial charge is 0.0860 e. The Bertz CT molecular complexity index is 485. The SMILES string of the molecule is CCC1CN(Cc2c(Cl)c(C)nn2CC)C(C)(CC)CN1. The van der Waals surface area contributed by atoms with Crippen molar-refractivity contribution < 1.29 is 0 Å². The van der Waals surface area contributed by atoms with Gasteiger partial charge >= 0.3 is 0 Å². The predicted octanol–water partition coefficient (Wildman–Crippen LogP) is 3.22. The first-order chi connectivity index (χ1) is 9.95. The zero-order valence-corrected chi connectivity index (χ0v) is 14.8. The summed E-state index contributed by atoms with van der Waals surface area (Å²) in [7, 11) is 0. The van der Waals surface area contributed by atoms with E-state index in [0.29, 0.717) is 6.04 Å². The molecule has 4 nitrogen and oxygen atoms in total. The van der Waals surface area contributed by atoms with E-state index >= 15 is 0 Å². The van der Waals surface area contributed by atoms with E-state index in [1.807, 2.05) is 6.92 Å². The van der Waals surface area contributed by atoms with Gasteiger partial charge in [0.2, 0.25) is 0 Å². The molecular weight excluding hydrogens is 284 g/mol. The normalized spacial score (nSPS) is 27.2. The lowest BCUT2D eigenvalue weighted by Crippen LogP contribution is -2.62.